The molecule has 0 atom stereocenters. The molecule has 0 N–H and O–H groups in total. The molecule has 0 fully saturated rings. The van der Waals surface area contributed by atoms with Gasteiger partial charge >= 0.3 is 11.6 Å². The van der Waals surface area contributed by atoms with Gasteiger partial charge in [-0.2, -0.15) is 0 Å². The molecule has 0 unspecified atom stereocenters. The smallest absolute Gasteiger partial charge is 0.341 e. The number of rotatable bonds is 4. The third-order valence-electron chi connectivity index (χ3n) is 3.66. The average molecular weight is 324 g/mol. The molecule has 3 rings (SSSR count). The van der Waals surface area contributed by atoms with Gasteiger partial charge in [0.1, 0.15) is 23.5 Å². The van der Waals surface area contributed by atoms with E-state index in [2.05, 4.69) is 0 Å². The van der Waals surface area contributed by atoms with Crippen molar-refractivity contribution in [2.24, 2.45) is 0 Å². The second kappa shape index (κ2) is 6.58. The first-order chi connectivity index (χ1) is 11.6. The van der Waals surface area contributed by atoms with Gasteiger partial charge in [-0.1, -0.05) is 23.8 Å². The standard InChI is InChI=1S/C19H16O5/c1-12-7-8-17-15(9-12)13(10-18(20)24-17)11-23-16-6-4-3-5-14(16)19(21)22-2/h3-10H,11H2,1-2H3. The molecular formula is C19H16O5. The highest BCUT2D eigenvalue weighted by atomic mass is 16.5. The Balaban J connectivity index is 1.96. The maximum Gasteiger partial charge on any atom is 0.341 e. The maximum absolute atomic E-state index is 11.8. The van der Waals surface area contributed by atoms with E-state index in [4.69, 9.17) is 13.9 Å². The van der Waals surface area contributed by atoms with Crippen LogP contribution in [0, 0.1) is 6.92 Å². The van der Waals surface area contributed by atoms with Crippen molar-refractivity contribution in [1.29, 1.82) is 0 Å². The first kappa shape index (κ1) is 15.8. The molecule has 122 valence electrons. The fourth-order valence-corrected chi connectivity index (χ4v) is 2.49. The Bertz CT molecular complexity index is 955. The van der Waals surface area contributed by atoms with Crippen LogP contribution in [-0.2, 0) is 11.3 Å². The van der Waals surface area contributed by atoms with Gasteiger partial charge in [-0.25, -0.2) is 9.59 Å². The van der Waals surface area contributed by atoms with Gasteiger partial charge in [0.15, 0.2) is 0 Å². The molecule has 0 radical (unpaired) electrons. The highest BCUT2D eigenvalue weighted by Gasteiger charge is 2.13. The number of fused-ring (bicyclic) bond motifs is 1. The first-order valence-corrected chi connectivity index (χ1v) is 7.42. The van der Waals surface area contributed by atoms with Crippen molar-refractivity contribution in [2.75, 3.05) is 7.11 Å². The zero-order valence-corrected chi connectivity index (χ0v) is 13.4. The van der Waals surface area contributed by atoms with Crippen LogP contribution in [-0.4, -0.2) is 13.1 Å². The quantitative estimate of drug-likeness (QED) is 0.543. The Morgan fingerprint density at radius 3 is 2.71 bits per heavy atom. The number of carbonyl (C=O) groups excluding carboxylic acids is 1. The number of carbonyl (C=O) groups is 1. The lowest BCUT2D eigenvalue weighted by Gasteiger charge is -2.11. The molecule has 0 aliphatic heterocycles. The Morgan fingerprint density at radius 2 is 1.92 bits per heavy atom. The molecule has 0 aliphatic carbocycles. The van der Waals surface area contributed by atoms with Gasteiger partial charge < -0.3 is 13.9 Å². The summed E-state index contributed by atoms with van der Waals surface area (Å²) in [5.74, 6) is -0.0720. The predicted octanol–water partition coefficient (Wildman–Crippen LogP) is 3.47. The van der Waals surface area contributed by atoms with E-state index in [1.165, 1.54) is 13.2 Å². The van der Waals surface area contributed by atoms with Crippen LogP contribution in [0.25, 0.3) is 11.0 Å². The molecule has 0 bridgehead atoms. The summed E-state index contributed by atoms with van der Waals surface area (Å²) in [6.07, 6.45) is 0. The number of hydrogen-bond donors (Lipinski definition) is 0. The number of esters is 1. The van der Waals surface area contributed by atoms with E-state index < -0.39 is 11.6 Å². The minimum atomic E-state index is -0.473. The van der Waals surface area contributed by atoms with Crippen molar-refractivity contribution in [1.82, 2.24) is 0 Å². The topological polar surface area (TPSA) is 65.7 Å². The number of para-hydroxylation sites is 1. The van der Waals surface area contributed by atoms with Gasteiger partial charge in [-0.05, 0) is 31.2 Å². The van der Waals surface area contributed by atoms with Crippen LogP contribution >= 0.6 is 0 Å². The number of methoxy groups -OCH3 is 1. The molecule has 0 amide bonds. The van der Waals surface area contributed by atoms with Crippen LogP contribution in [0.4, 0.5) is 0 Å². The van der Waals surface area contributed by atoms with Gasteiger partial charge in [0.25, 0.3) is 0 Å². The van der Waals surface area contributed by atoms with Crippen LogP contribution in [0.15, 0.2) is 57.7 Å². The van der Waals surface area contributed by atoms with Crippen molar-refractivity contribution in [3.05, 3.63) is 75.6 Å². The Labute approximate surface area is 138 Å². The van der Waals surface area contributed by atoms with Crippen molar-refractivity contribution in [3.63, 3.8) is 0 Å². The molecular weight excluding hydrogens is 308 g/mol. The zero-order chi connectivity index (χ0) is 17.1. The largest absolute Gasteiger partial charge is 0.488 e. The number of benzene rings is 2. The molecule has 1 heterocycles. The summed E-state index contributed by atoms with van der Waals surface area (Å²) in [6, 6.07) is 13.8. The lowest BCUT2D eigenvalue weighted by atomic mass is 10.1. The summed E-state index contributed by atoms with van der Waals surface area (Å²) in [4.78, 5) is 23.5. The van der Waals surface area contributed by atoms with Gasteiger partial charge in [-0.3, -0.25) is 0 Å². The summed E-state index contributed by atoms with van der Waals surface area (Å²) < 4.78 is 15.7. The monoisotopic (exact) mass is 324 g/mol. The van der Waals surface area contributed by atoms with Crippen LogP contribution in [0.5, 0.6) is 5.75 Å². The number of hydrogen-bond acceptors (Lipinski definition) is 5. The second-order valence-corrected chi connectivity index (χ2v) is 5.37. The van der Waals surface area contributed by atoms with Crippen molar-refractivity contribution in [3.8, 4) is 5.75 Å². The van der Waals surface area contributed by atoms with E-state index >= 15 is 0 Å². The SMILES string of the molecule is COC(=O)c1ccccc1OCc1cc(=O)oc2ccc(C)cc12. The first-order valence-electron chi connectivity index (χ1n) is 7.42. The van der Waals surface area contributed by atoms with E-state index in [-0.39, 0.29) is 6.61 Å². The number of ether oxygens (including phenoxy) is 2. The summed E-state index contributed by atoms with van der Waals surface area (Å²) in [5, 5.41) is 0.810. The average Bonchev–Trinajstić information content (AvgIpc) is 2.59. The van der Waals surface area contributed by atoms with E-state index in [1.807, 2.05) is 19.1 Å². The summed E-state index contributed by atoms with van der Waals surface area (Å²) >= 11 is 0. The van der Waals surface area contributed by atoms with E-state index in [9.17, 15) is 9.59 Å². The fourth-order valence-electron chi connectivity index (χ4n) is 2.49. The van der Waals surface area contributed by atoms with Gasteiger partial charge in [0.05, 0.1) is 7.11 Å². The lowest BCUT2D eigenvalue weighted by Crippen LogP contribution is -2.07. The third kappa shape index (κ3) is 3.15. The molecule has 0 saturated heterocycles. The molecule has 0 saturated carbocycles. The van der Waals surface area contributed by atoms with Gasteiger partial charge in [0, 0.05) is 17.0 Å². The molecule has 0 spiro atoms. The van der Waals surface area contributed by atoms with Crippen LogP contribution in [0.2, 0.25) is 0 Å². The molecule has 3 aromatic rings. The van der Waals surface area contributed by atoms with Crippen molar-refractivity contribution >= 4 is 16.9 Å². The minimum Gasteiger partial charge on any atom is -0.488 e. The predicted molar refractivity (Wildman–Crippen MR) is 89.3 cm³/mol. The zero-order valence-electron chi connectivity index (χ0n) is 13.4. The van der Waals surface area contributed by atoms with Crippen molar-refractivity contribution < 1.29 is 18.7 Å². The molecule has 0 aliphatic rings. The van der Waals surface area contributed by atoms with Gasteiger partial charge in [0.2, 0.25) is 0 Å². The normalized spacial score (nSPS) is 10.6. The molecule has 2 aromatic carbocycles. The summed E-state index contributed by atoms with van der Waals surface area (Å²) in [5.41, 5.74) is 2.15. The third-order valence-corrected chi connectivity index (χ3v) is 3.66. The summed E-state index contributed by atoms with van der Waals surface area (Å²) in [7, 11) is 1.32. The van der Waals surface area contributed by atoms with E-state index in [0.717, 1.165) is 10.9 Å². The molecule has 5 nitrogen and oxygen atoms in total. The van der Waals surface area contributed by atoms with E-state index in [1.54, 1.807) is 30.3 Å². The van der Waals surface area contributed by atoms with Gasteiger partial charge in [-0.15, -0.1) is 0 Å². The minimum absolute atomic E-state index is 0.138. The van der Waals surface area contributed by atoms with Crippen LogP contribution in [0.1, 0.15) is 21.5 Å². The highest BCUT2D eigenvalue weighted by molar-refractivity contribution is 5.92. The number of aryl methyl sites for hydroxylation is 1. The molecule has 5 heteroatoms. The molecule has 24 heavy (non-hydrogen) atoms. The lowest BCUT2D eigenvalue weighted by molar-refractivity contribution is 0.0595. The Morgan fingerprint density at radius 1 is 1.12 bits per heavy atom. The Hall–Kier alpha value is -3.08. The Kier molecular flexibility index (Phi) is 4.33. The molecule has 1 aromatic heterocycles. The van der Waals surface area contributed by atoms with Crippen LogP contribution in [0.3, 0.4) is 0 Å². The second-order valence-electron chi connectivity index (χ2n) is 5.37. The fraction of sp³-hybridized carbons (Fsp3) is 0.158. The van der Waals surface area contributed by atoms with Crippen LogP contribution < -0.4 is 10.4 Å². The summed E-state index contributed by atoms with van der Waals surface area (Å²) in [6.45, 7) is 2.10. The van der Waals surface area contributed by atoms with E-state index in [0.29, 0.717) is 22.5 Å². The maximum atomic E-state index is 11.8. The highest BCUT2D eigenvalue weighted by Crippen LogP contribution is 2.23. The van der Waals surface area contributed by atoms with Crippen molar-refractivity contribution in [2.45, 2.75) is 13.5 Å².